The van der Waals surface area contributed by atoms with Gasteiger partial charge in [-0.2, -0.15) is 0 Å². The number of anilines is 1. The lowest BCUT2D eigenvalue weighted by molar-refractivity contribution is 0.213. The zero-order valence-electron chi connectivity index (χ0n) is 16.1. The van der Waals surface area contributed by atoms with E-state index in [-0.39, 0.29) is 11.4 Å². The molecule has 0 aromatic heterocycles. The molecule has 1 aliphatic heterocycles. The Bertz CT molecular complexity index is 1030. The van der Waals surface area contributed by atoms with Gasteiger partial charge in [-0.3, -0.25) is 0 Å². The molecular formula is C23H20Cl2N2O2S. The molecule has 0 spiro atoms. The van der Waals surface area contributed by atoms with Crippen LogP contribution in [0.5, 0.6) is 5.75 Å². The Morgan fingerprint density at radius 1 is 1.03 bits per heavy atom. The summed E-state index contributed by atoms with van der Waals surface area (Å²) in [4.78, 5) is 14.8. The van der Waals surface area contributed by atoms with Crippen LogP contribution in [0.4, 0.5) is 10.5 Å². The zero-order valence-corrected chi connectivity index (χ0v) is 18.4. The highest BCUT2D eigenvalue weighted by Gasteiger charge is 2.32. The van der Waals surface area contributed by atoms with Gasteiger partial charge in [0, 0.05) is 23.5 Å². The molecule has 4 rings (SSSR count). The van der Waals surface area contributed by atoms with Crippen LogP contribution in [-0.4, -0.2) is 23.2 Å². The number of halogens is 2. The molecule has 7 heteroatoms. The van der Waals surface area contributed by atoms with Crippen LogP contribution in [-0.2, 0) is 6.61 Å². The van der Waals surface area contributed by atoms with Gasteiger partial charge in [-0.05, 0) is 29.8 Å². The highest BCUT2D eigenvalue weighted by molar-refractivity contribution is 7.99. The van der Waals surface area contributed by atoms with Crippen molar-refractivity contribution < 1.29 is 9.53 Å². The van der Waals surface area contributed by atoms with Gasteiger partial charge in [-0.25, -0.2) is 4.79 Å². The highest BCUT2D eigenvalue weighted by atomic mass is 35.5. The van der Waals surface area contributed by atoms with Crippen molar-refractivity contribution >= 4 is 46.7 Å². The SMILES string of the molecule is O=C(Nc1ccc(Cl)c(Cl)c1)N1CCSC1c1ccccc1OCc1ccccc1. The summed E-state index contributed by atoms with van der Waals surface area (Å²) in [5, 5.41) is 3.65. The summed E-state index contributed by atoms with van der Waals surface area (Å²) in [5.74, 6) is 1.64. The van der Waals surface area contributed by atoms with Gasteiger partial charge in [0.05, 0.1) is 10.0 Å². The second-order valence-corrected chi connectivity index (χ2v) is 8.79. The predicted molar refractivity (Wildman–Crippen MR) is 125 cm³/mol. The van der Waals surface area contributed by atoms with E-state index in [1.54, 1.807) is 30.0 Å². The molecule has 1 N–H and O–H groups in total. The van der Waals surface area contributed by atoms with E-state index in [0.717, 1.165) is 22.6 Å². The standard InChI is InChI=1S/C23H20Cl2N2O2S/c24-19-11-10-17(14-20(19)25)26-23(28)27-12-13-30-22(27)18-8-4-5-9-21(18)29-15-16-6-2-1-3-7-16/h1-11,14,22H,12-13,15H2,(H,26,28). The van der Waals surface area contributed by atoms with E-state index < -0.39 is 0 Å². The summed E-state index contributed by atoms with van der Waals surface area (Å²) in [6.07, 6.45) is 0. The van der Waals surface area contributed by atoms with Gasteiger partial charge in [-0.15, -0.1) is 11.8 Å². The summed E-state index contributed by atoms with van der Waals surface area (Å²) < 4.78 is 6.11. The number of carbonyl (C=O) groups is 1. The van der Waals surface area contributed by atoms with E-state index >= 15 is 0 Å². The van der Waals surface area contributed by atoms with Crippen molar-refractivity contribution in [2.75, 3.05) is 17.6 Å². The number of hydrogen-bond acceptors (Lipinski definition) is 3. The summed E-state index contributed by atoms with van der Waals surface area (Å²) in [6.45, 7) is 1.13. The van der Waals surface area contributed by atoms with Crippen LogP contribution < -0.4 is 10.1 Å². The molecule has 0 saturated carbocycles. The molecule has 1 heterocycles. The number of thioether (sulfide) groups is 1. The lowest BCUT2D eigenvalue weighted by Gasteiger charge is -2.26. The Hall–Kier alpha value is -2.34. The summed E-state index contributed by atoms with van der Waals surface area (Å²) in [5.41, 5.74) is 2.69. The molecule has 1 aliphatic rings. The molecule has 154 valence electrons. The van der Waals surface area contributed by atoms with Gasteiger partial charge in [-0.1, -0.05) is 71.7 Å². The van der Waals surface area contributed by atoms with Crippen molar-refractivity contribution in [3.05, 3.63) is 94.0 Å². The Labute approximate surface area is 190 Å². The van der Waals surface area contributed by atoms with Gasteiger partial charge in [0.1, 0.15) is 17.7 Å². The number of urea groups is 1. The Morgan fingerprint density at radius 3 is 2.60 bits per heavy atom. The number of para-hydroxylation sites is 1. The minimum absolute atomic E-state index is 0.125. The van der Waals surface area contributed by atoms with Crippen molar-refractivity contribution in [1.82, 2.24) is 4.90 Å². The van der Waals surface area contributed by atoms with E-state index in [2.05, 4.69) is 5.32 Å². The normalized spacial score (nSPS) is 15.8. The number of amides is 2. The van der Waals surface area contributed by atoms with Crippen molar-refractivity contribution in [3.8, 4) is 5.75 Å². The number of nitrogens with one attached hydrogen (secondary N) is 1. The van der Waals surface area contributed by atoms with E-state index in [0.29, 0.717) is 28.9 Å². The number of rotatable bonds is 5. The van der Waals surface area contributed by atoms with Crippen LogP contribution in [0.1, 0.15) is 16.5 Å². The molecule has 1 saturated heterocycles. The van der Waals surface area contributed by atoms with Crippen molar-refractivity contribution in [1.29, 1.82) is 0 Å². The average molecular weight is 459 g/mol. The Balaban J connectivity index is 1.50. The summed E-state index contributed by atoms with van der Waals surface area (Å²) in [7, 11) is 0. The van der Waals surface area contributed by atoms with Crippen molar-refractivity contribution in [3.63, 3.8) is 0 Å². The number of ether oxygens (including phenoxy) is 1. The maximum absolute atomic E-state index is 13.0. The first-order valence-corrected chi connectivity index (χ1v) is 11.3. The summed E-state index contributed by atoms with van der Waals surface area (Å²) >= 11 is 13.8. The third kappa shape index (κ3) is 4.86. The summed E-state index contributed by atoms with van der Waals surface area (Å²) in [6, 6.07) is 22.8. The first-order chi connectivity index (χ1) is 14.6. The van der Waals surface area contributed by atoms with E-state index in [1.165, 1.54) is 0 Å². The van der Waals surface area contributed by atoms with Gasteiger partial charge in [0.2, 0.25) is 0 Å². The van der Waals surface area contributed by atoms with Crippen molar-refractivity contribution in [2.45, 2.75) is 12.0 Å². The van der Waals surface area contributed by atoms with E-state index in [9.17, 15) is 4.79 Å². The zero-order chi connectivity index (χ0) is 20.9. The fourth-order valence-electron chi connectivity index (χ4n) is 3.26. The van der Waals surface area contributed by atoms with Crippen LogP contribution in [0.2, 0.25) is 10.0 Å². The van der Waals surface area contributed by atoms with E-state index in [4.69, 9.17) is 27.9 Å². The second kappa shape index (κ2) is 9.65. The Kier molecular flexibility index (Phi) is 6.72. The lowest BCUT2D eigenvalue weighted by Crippen LogP contribution is -2.34. The number of nitrogens with zero attached hydrogens (tertiary/aromatic N) is 1. The smallest absolute Gasteiger partial charge is 0.323 e. The fourth-order valence-corrected chi connectivity index (χ4v) is 4.83. The lowest BCUT2D eigenvalue weighted by atomic mass is 10.1. The molecule has 1 unspecified atom stereocenters. The monoisotopic (exact) mass is 458 g/mol. The third-order valence-corrected chi connectivity index (χ3v) is 6.73. The third-order valence-electron chi connectivity index (χ3n) is 4.74. The molecule has 0 radical (unpaired) electrons. The largest absolute Gasteiger partial charge is 0.489 e. The molecule has 30 heavy (non-hydrogen) atoms. The molecule has 2 amide bonds. The molecule has 1 atom stereocenters. The average Bonchev–Trinajstić information content (AvgIpc) is 3.26. The quantitative estimate of drug-likeness (QED) is 0.454. The maximum Gasteiger partial charge on any atom is 0.323 e. The predicted octanol–water partition coefficient (Wildman–Crippen LogP) is 6.85. The van der Waals surface area contributed by atoms with Crippen LogP contribution >= 0.6 is 35.0 Å². The molecular weight excluding hydrogens is 439 g/mol. The highest BCUT2D eigenvalue weighted by Crippen LogP contribution is 2.42. The number of benzene rings is 3. The topological polar surface area (TPSA) is 41.6 Å². The first-order valence-electron chi connectivity index (χ1n) is 9.52. The fraction of sp³-hybridized carbons (Fsp3) is 0.174. The van der Waals surface area contributed by atoms with Gasteiger partial charge < -0.3 is 15.0 Å². The van der Waals surface area contributed by atoms with Crippen LogP contribution in [0.15, 0.2) is 72.8 Å². The molecule has 4 nitrogen and oxygen atoms in total. The molecule has 3 aromatic carbocycles. The van der Waals surface area contributed by atoms with Crippen LogP contribution in [0.25, 0.3) is 0 Å². The molecule has 1 fully saturated rings. The maximum atomic E-state index is 13.0. The van der Waals surface area contributed by atoms with E-state index in [1.807, 2.05) is 59.5 Å². The molecule has 3 aromatic rings. The molecule has 0 bridgehead atoms. The van der Waals surface area contributed by atoms with Gasteiger partial charge in [0.15, 0.2) is 0 Å². The Morgan fingerprint density at radius 2 is 1.80 bits per heavy atom. The number of carbonyl (C=O) groups excluding carboxylic acids is 1. The minimum atomic E-state index is -0.179. The molecule has 0 aliphatic carbocycles. The van der Waals surface area contributed by atoms with Crippen LogP contribution in [0, 0.1) is 0 Å². The van der Waals surface area contributed by atoms with Crippen molar-refractivity contribution in [2.24, 2.45) is 0 Å². The van der Waals surface area contributed by atoms with Gasteiger partial charge >= 0.3 is 6.03 Å². The van der Waals surface area contributed by atoms with Crippen LogP contribution in [0.3, 0.4) is 0 Å². The minimum Gasteiger partial charge on any atom is -0.489 e. The van der Waals surface area contributed by atoms with Gasteiger partial charge in [0.25, 0.3) is 0 Å². The number of hydrogen-bond donors (Lipinski definition) is 1. The first kappa shape index (κ1) is 20.9. The second-order valence-electron chi connectivity index (χ2n) is 6.79.